The minimum absolute atomic E-state index is 0.146. The molecule has 3 aromatic rings. The van der Waals surface area contributed by atoms with Crippen LogP contribution in [-0.2, 0) is 20.3 Å². The second kappa shape index (κ2) is 8.30. The smallest absolute Gasteiger partial charge is 0.246 e. The quantitative estimate of drug-likeness (QED) is 0.522. The van der Waals surface area contributed by atoms with Crippen molar-refractivity contribution in [2.24, 2.45) is 0 Å². The zero-order valence-electron chi connectivity index (χ0n) is 17.6. The first-order valence-electron chi connectivity index (χ1n) is 9.98. The van der Waals surface area contributed by atoms with E-state index in [1.165, 1.54) is 4.31 Å². The number of sulfonamides is 1. The zero-order valence-corrected chi connectivity index (χ0v) is 18.4. The Morgan fingerprint density at radius 3 is 2.26 bits per heavy atom. The van der Waals surface area contributed by atoms with E-state index in [0.29, 0.717) is 5.75 Å². The molecule has 0 unspecified atom stereocenters. The fraction of sp³-hybridized carbons (Fsp3) is 0.200. The molecule has 1 heterocycles. The molecule has 0 amide bonds. The number of nitrogens with zero attached hydrogens (tertiary/aromatic N) is 1. The number of benzene rings is 3. The number of methoxy groups -OCH3 is 1. The zero-order chi connectivity index (χ0) is 22.1. The van der Waals surface area contributed by atoms with E-state index in [-0.39, 0.29) is 11.5 Å². The third-order valence-corrected chi connectivity index (χ3v) is 7.56. The van der Waals surface area contributed by atoms with Crippen molar-refractivity contribution in [3.05, 3.63) is 108 Å². The number of hydrogen-bond acceptors (Lipinski definition) is 4. The molecule has 2 atom stereocenters. The van der Waals surface area contributed by atoms with Crippen LogP contribution in [0.2, 0.25) is 0 Å². The highest BCUT2D eigenvalue weighted by molar-refractivity contribution is 7.89. The summed E-state index contributed by atoms with van der Waals surface area (Å²) < 4.78 is 40.8. The largest absolute Gasteiger partial charge is 0.497 e. The van der Waals surface area contributed by atoms with Crippen LogP contribution in [0, 0.1) is 6.92 Å². The van der Waals surface area contributed by atoms with Gasteiger partial charge in [0, 0.05) is 0 Å². The average molecular weight is 436 g/mol. The maximum atomic E-state index is 14.0. The minimum Gasteiger partial charge on any atom is -0.497 e. The van der Waals surface area contributed by atoms with E-state index in [4.69, 9.17) is 9.47 Å². The van der Waals surface area contributed by atoms with Gasteiger partial charge in [0.2, 0.25) is 10.0 Å². The lowest BCUT2D eigenvalue weighted by Crippen LogP contribution is -2.46. The van der Waals surface area contributed by atoms with E-state index >= 15 is 0 Å². The maximum Gasteiger partial charge on any atom is 0.246 e. The van der Waals surface area contributed by atoms with Gasteiger partial charge in [0.25, 0.3) is 0 Å². The highest BCUT2D eigenvalue weighted by Crippen LogP contribution is 2.48. The molecule has 1 aliphatic rings. The van der Waals surface area contributed by atoms with Crippen molar-refractivity contribution in [2.45, 2.75) is 23.6 Å². The van der Waals surface area contributed by atoms with Crippen LogP contribution in [0.4, 0.5) is 0 Å². The van der Waals surface area contributed by atoms with Gasteiger partial charge in [-0.1, -0.05) is 66.2 Å². The molecule has 0 saturated carbocycles. The molecule has 31 heavy (non-hydrogen) atoms. The van der Waals surface area contributed by atoms with Crippen LogP contribution in [0.15, 0.2) is 96.4 Å². The van der Waals surface area contributed by atoms with Gasteiger partial charge in [-0.05, 0) is 42.3 Å². The Morgan fingerprint density at radius 1 is 1.03 bits per heavy atom. The van der Waals surface area contributed by atoms with Gasteiger partial charge in [-0.3, -0.25) is 0 Å². The first kappa shape index (κ1) is 21.3. The van der Waals surface area contributed by atoms with Gasteiger partial charge >= 0.3 is 0 Å². The lowest BCUT2D eigenvalue weighted by molar-refractivity contribution is 0.0678. The number of hydrogen-bond donors (Lipinski definition) is 0. The van der Waals surface area contributed by atoms with Crippen molar-refractivity contribution in [1.82, 2.24) is 4.31 Å². The van der Waals surface area contributed by atoms with Crippen molar-refractivity contribution in [3.8, 4) is 5.75 Å². The SMILES string of the molecule is C=C[C@@]1(c2ccc(OC)cc2)CO[C@H](c2ccccc2)N1S(=O)(=O)c1ccc(C)cc1. The standard InChI is InChI=1S/C25H25NO4S/c1-4-25(21-12-14-22(29-3)15-13-21)18-30-24(20-8-6-5-7-9-20)26(25)31(27,28)23-16-10-19(2)11-17-23/h4-17,24H,1,18H2,2-3H3/t24-,25+/m1/s1. The molecule has 0 spiro atoms. The predicted molar refractivity (Wildman–Crippen MR) is 120 cm³/mol. The summed E-state index contributed by atoms with van der Waals surface area (Å²) in [6, 6.07) is 23.6. The van der Waals surface area contributed by atoms with E-state index in [0.717, 1.165) is 16.7 Å². The molecule has 4 rings (SSSR count). The van der Waals surface area contributed by atoms with Crippen LogP contribution >= 0.6 is 0 Å². The third kappa shape index (κ3) is 3.67. The second-order valence-electron chi connectivity index (χ2n) is 7.54. The molecule has 0 N–H and O–H groups in total. The van der Waals surface area contributed by atoms with Crippen molar-refractivity contribution in [3.63, 3.8) is 0 Å². The lowest BCUT2D eigenvalue weighted by Gasteiger charge is -2.36. The summed E-state index contributed by atoms with van der Waals surface area (Å²) in [6.07, 6.45) is 0.872. The van der Waals surface area contributed by atoms with Gasteiger partial charge in [-0.2, -0.15) is 0 Å². The van der Waals surface area contributed by atoms with Crippen molar-refractivity contribution in [2.75, 3.05) is 13.7 Å². The third-order valence-electron chi connectivity index (χ3n) is 5.66. The Hall–Kier alpha value is -2.93. The van der Waals surface area contributed by atoms with E-state index in [1.54, 1.807) is 37.5 Å². The molecule has 1 aliphatic heterocycles. The van der Waals surface area contributed by atoms with Gasteiger partial charge < -0.3 is 9.47 Å². The predicted octanol–water partition coefficient (Wildman–Crippen LogP) is 4.80. The van der Waals surface area contributed by atoms with Crippen LogP contribution in [-0.4, -0.2) is 26.4 Å². The Morgan fingerprint density at radius 2 is 1.68 bits per heavy atom. The highest BCUT2D eigenvalue weighted by Gasteiger charge is 2.53. The van der Waals surface area contributed by atoms with E-state index in [9.17, 15) is 8.42 Å². The number of ether oxygens (including phenoxy) is 2. The summed E-state index contributed by atoms with van der Waals surface area (Å²) in [5, 5.41) is 0. The highest BCUT2D eigenvalue weighted by atomic mass is 32.2. The molecule has 0 aromatic heterocycles. The van der Waals surface area contributed by atoms with Crippen molar-refractivity contribution < 1.29 is 17.9 Å². The van der Waals surface area contributed by atoms with Crippen LogP contribution in [0.1, 0.15) is 22.9 Å². The fourth-order valence-corrected chi connectivity index (χ4v) is 5.72. The monoisotopic (exact) mass is 435 g/mol. The summed E-state index contributed by atoms with van der Waals surface area (Å²) in [7, 11) is -2.34. The van der Waals surface area contributed by atoms with Crippen molar-refractivity contribution >= 4 is 10.0 Å². The van der Waals surface area contributed by atoms with Crippen LogP contribution in [0.5, 0.6) is 5.75 Å². The van der Waals surface area contributed by atoms with Gasteiger partial charge in [-0.15, -0.1) is 10.9 Å². The van der Waals surface area contributed by atoms with Gasteiger partial charge in [0.1, 0.15) is 11.3 Å². The maximum absolute atomic E-state index is 14.0. The van der Waals surface area contributed by atoms with Gasteiger partial charge in [-0.25, -0.2) is 8.42 Å². The van der Waals surface area contributed by atoms with Crippen LogP contribution in [0.3, 0.4) is 0 Å². The molecule has 1 saturated heterocycles. The van der Waals surface area contributed by atoms with Gasteiger partial charge in [0.15, 0.2) is 6.23 Å². The first-order valence-corrected chi connectivity index (χ1v) is 11.4. The van der Waals surface area contributed by atoms with E-state index in [2.05, 4.69) is 6.58 Å². The average Bonchev–Trinajstić information content (AvgIpc) is 3.22. The number of aryl methyl sites for hydroxylation is 1. The summed E-state index contributed by atoms with van der Waals surface area (Å²) in [5.41, 5.74) is 1.44. The number of rotatable bonds is 6. The Labute approximate surface area is 183 Å². The molecular formula is C25H25NO4S. The molecule has 160 valence electrons. The topological polar surface area (TPSA) is 55.8 Å². The molecule has 6 heteroatoms. The molecule has 0 aliphatic carbocycles. The molecule has 1 fully saturated rings. The van der Waals surface area contributed by atoms with E-state index < -0.39 is 21.8 Å². The first-order chi connectivity index (χ1) is 14.9. The molecule has 3 aromatic carbocycles. The van der Waals surface area contributed by atoms with Crippen LogP contribution < -0.4 is 4.74 Å². The summed E-state index contributed by atoms with van der Waals surface area (Å²) >= 11 is 0. The molecule has 5 nitrogen and oxygen atoms in total. The minimum atomic E-state index is -3.93. The molecule has 0 radical (unpaired) electrons. The fourth-order valence-electron chi connectivity index (χ4n) is 3.92. The van der Waals surface area contributed by atoms with E-state index in [1.807, 2.05) is 61.5 Å². The van der Waals surface area contributed by atoms with Crippen LogP contribution in [0.25, 0.3) is 0 Å². The Bertz CT molecular complexity index is 1160. The Kier molecular flexibility index (Phi) is 5.71. The lowest BCUT2D eigenvalue weighted by atomic mass is 9.91. The Balaban J connectivity index is 1.91. The summed E-state index contributed by atoms with van der Waals surface area (Å²) in [6.45, 7) is 6.09. The summed E-state index contributed by atoms with van der Waals surface area (Å²) in [5.74, 6) is 0.689. The molecule has 0 bridgehead atoms. The van der Waals surface area contributed by atoms with Crippen molar-refractivity contribution in [1.29, 1.82) is 0 Å². The summed E-state index contributed by atoms with van der Waals surface area (Å²) in [4.78, 5) is 0.212. The second-order valence-corrected chi connectivity index (χ2v) is 9.36. The normalized spacial score (nSPS) is 21.7. The van der Waals surface area contributed by atoms with Gasteiger partial charge in [0.05, 0.1) is 18.6 Å². The molecular weight excluding hydrogens is 410 g/mol.